The summed E-state index contributed by atoms with van der Waals surface area (Å²) in [6.45, 7) is 5.75. The van der Waals surface area contributed by atoms with Crippen molar-refractivity contribution < 1.29 is 14.4 Å². The quantitative estimate of drug-likeness (QED) is 0.765. The number of nitrogens with zero attached hydrogens (tertiary/aromatic N) is 2. The Hall–Kier alpha value is -2.86. The molecule has 0 saturated carbocycles. The highest BCUT2D eigenvalue weighted by atomic mass is 35.5. The fraction of sp³-hybridized carbons (Fsp3) is 0.318. The van der Waals surface area contributed by atoms with Gasteiger partial charge in [0.05, 0.1) is 10.6 Å². The van der Waals surface area contributed by atoms with Gasteiger partial charge in [-0.1, -0.05) is 23.7 Å². The van der Waals surface area contributed by atoms with E-state index in [4.69, 9.17) is 11.6 Å². The van der Waals surface area contributed by atoms with Crippen LogP contribution in [0.25, 0.3) is 0 Å². The first-order valence-electron chi connectivity index (χ1n) is 9.57. The molecule has 7 heteroatoms. The Labute approximate surface area is 175 Å². The number of carbonyl (C=O) groups excluding carboxylic acids is 3. The molecule has 1 aliphatic rings. The number of hydrogen-bond donors (Lipinski definition) is 1. The molecule has 1 heterocycles. The van der Waals surface area contributed by atoms with E-state index >= 15 is 0 Å². The van der Waals surface area contributed by atoms with Crippen LogP contribution in [-0.2, 0) is 4.79 Å². The minimum atomic E-state index is -0.639. The normalized spacial score (nSPS) is 15.0. The second-order valence-electron chi connectivity index (χ2n) is 7.09. The lowest BCUT2D eigenvalue weighted by Crippen LogP contribution is -2.54. The lowest BCUT2D eigenvalue weighted by molar-refractivity contribution is -0.133. The van der Waals surface area contributed by atoms with Crippen LogP contribution in [0, 0.1) is 0 Å². The van der Waals surface area contributed by atoms with Gasteiger partial charge in [0.1, 0.15) is 6.04 Å². The van der Waals surface area contributed by atoms with Crippen LogP contribution in [0.4, 0.5) is 5.69 Å². The summed E-state index contributed by atoms with van der Waals surface area (Å²) in [5.41, 5.74) is 2.07. The molecule has 2 aromatic rings. The Morgan fingerprint density at radius 3 is 2.17 bits per heavy atom. The molecular weight excluding hydrogens is 390 g/mol. The van der Waals surface area contributed by atoms with Gasteiger partial charge in [-0.2, -0.15) is 0 Å². The molecule has 0 spiro atoms. The van der Waals surface area contributed by atoms with E-state index in [1.807, 2.05) is 24.3 Å². The Morgan fingerprint density at radius 2 is 1.59 bits per heavy atom. The van der Waals surface area contributed by atoms with Gasteiger partial charge >= 0.3 is 0 Å². The van der Waals surface area contributed by atoms with E-state index in [1.165, 1.54) is 0 Å². The number of rotatable bonds is 5. The number of carbonyl (C=O) groups is 3. The van der Waals surface area contributed by atoms with Gasteiger partial charge in [-0.05, 0) is 50.2 Å². The van der Waals surface area contributed by atoms with Crippen molar-refractivity contribution in [1.82, 2.24) is 10.2 Å². The Balaban J connectivity index is 1.54. The van der Waals surface area contributed by atoms with Crippen molar-refractivity contribution in [1.29, 1.82) is 0 Å². The fourth-order valence-corrected chi connectivity index (χ4v) is 3.57. The van der Waals surface area contributed by atoms with E-state index in [9.17, 15) is 14.4 Å². The van der Waals surface area contributed by atoms with Gasteiger partial charge < -0.3 is 15.1 Å². The van der Waals surface area contributed by atoms with Crippen molar-refractivity contribution in [2.75, 3.05) is 31.1 Å². The van der Waals surface area contributed by atoms with Gasteiger partial charge in [0.15, 0.2) is 5.78 Å². The summed E-state index contributed by atoms with van der Waals surface area (Å²) in [7, 11) is 0. The maximum Gasteiger partial charge on any atom is 0.253 e. The molecule has 1 aliphatic heterocycles. The number of benzene rings is 2. The summed E-state index contributed by atoms with van der Waals surface area (Å²) in [4.78, 5) is 40.5. The largest absolute Gasteiger partial charge is 0.368 e. The smallest absolute Gasteiger partial charge is 0.253 e. The number of Topliss-reactive ketones (excluding diaryl/α,β-unsaturated/α-hetero) is 1. The molecule has 2 aromatic carbocycles. The minimum Gasteiger partial charge on any atom is -0.368 e. The van der Waals surface area contributed by atoms with Crippen LogP contribution in [0.3, 0.4) is 0 Å². The molecule has 1 fully saturated rings. The van der Waals surface area contributed by atoms with E-state index in [2.05, 4.69) is 10.2 Å². The molecule has 0 bridgehead atoms. The van der Waals surface area contributed by atoms with E-state index < -0.39 is 6.04 Å². The lowest BCUT2D eigenvalue weighted by Gasteiger charge is -2.37. The monoisotopic (exact) mass is 413 g/mol. The maximum atomic E-state index is 12.7. The van der Waals surface area contributed by atoms with Gasteiger partial charge in [0, 0.05) is 37.4 Å². The number of halogens is 1. The molecular formula is C22H24ClN3O3. The first-order chi connectivity index (χ1) is 13.9. The third kappa shape index (κ3) is 4.95. The molecule has 152 valence electrons. The number of ketones is 1. The molecule has 6 nitrogen and oxygen atoms in total. The summed E-state index contributed by atoms with van der Waals surface area (Å²) in [5.74, 6) is -0.433. The lowest BCUT2D eigenvalue weighted by atomic mass is 10.1. The highest BCUT2D eigenvalue weighted by Crippen LogP contribution is 2.18. The Morgan fingerprint density at radius 1 is 0.966 bits per heavy atom. The van der Waals surface area contributed by atoms with Gasteiger partial charge in [-0.15, -0.1) is 0 Å². The van der Waals surface area contributed by atoms with Crippen LogP contribution in [0.5, 0.6) is 0 Å². The van der Waals surface area contributed by atoms with Crippen LogP contribution >= 0.6 is 11.6 Å². The van der Waals surface area contributed by atoms with Crippen molar-refractivity contribution >= 4 is 34.9 Å². The number of nitrogens with one attached hydrogen (secondary N) is 1. The van der Waals surface area contributed by atoms with Crippen molar-refractivity contribution in [3.05, 3.63) is 64.7 Å². The van der Waals surface area contributed by atoms with Gasteiger partial charge in [-0.3, -0.25) is 14.4 Å². The summed E-state index contributed by atoms with van der Waals surface area (Å²) >= 11 is 6.05. The van der Waals surface area contributed by atoms with Gasteiger partial charge in [0.2, 0.25) is 5.91 Å². The summed E-state index contributed by atoms with van der Waals surface area (Å²) in [5, 5.41) is 3.09. The summed E-state index contributed by atoms with van der Waals surface area (Å²) in [6, 6.07) is 13.6. The first kappa shape index (κ1) is 20.9. The molecule has 0 unspecified atom stereocenters. The van der Waals surface area contributed by atoms with Crippen molar-refractivity contribution in [3.63, 3.8) is 0 Å². The predicted molar refractivity (Wildman–Crippen MR) is 114 cm³/mol. The van der Waals surface area contributed by atoms with Crippen LogP contribution in [0.15, 0.2) is 48.5 Å². The molecule has 2 amide bonds. The SMILES string of the molecule is CC(=O)c1ccc(N2CCN(C(=O)[C@H](C)NC(=O)c3ccccc3Cl)CC2)cc1. The number of piperazine rings is 1. The number of anilines is 1. The average molecular weight is 414 g/mol. The van der Waals surface area contributed by atoms with E-state index in [1.54, 1.807) is 43.0 Å². The summed E-state index contributed by atoms with van der Waals surface area (Å²) < 4.78 is 0. The van der Waals surface area contributed by atoms with E-state index in [-0.39, 0.29) is 17.6 Å². The first-order valence-corrected chi connectivity index (χ1v) is 9.94. The molecule has 29 heavy (non-hydrogen) atoms. The minimum absolute atomic E-state index is 0.0415. The molecule has 0 aromatic heterocycles. The van der Waals surface area contributed by atoms with E-state index in [0.717, 1.165) is 5.69 Å². The number of hydrogen-bond acceptors (Lipinski definition) is 4. The second-order valence-corrected chi connectivity index (χ2v) is 7.50. The molecule has 0 aliphatic carbocycles. The summed E-state index contributed by atoms with van der Waals surface area (Å²) in [6.07, 6.45) is 0. The standard InChI is InChI=1S/C22H24ClN3O3/c1-15(24-21(28)19-5-3-4-6-20(19)23)22(29)26-13-11-25(12-14-26)18-9-7-17(8-10-18)16(2)27/h3-10,15H,11-14H2,1-2H3,(H,24,28)/t15-/m0/s1. The van der Waals surface area contributed by atoms with Crippen molar-refractivity contribution in [3.8, 4) is 0 Å². The second kappa shape index (κ2) is 9.09. The van der Waals surface area contributed by atoms with Crippen LogP contribution < -0.4 is 10.2 Å². The maximum absolute atomic E-state index is 12.7. The molecule has 0 radical (unpaired) electrons. The van der Waals surface area contributed by atoms with Gasteiger partial charge in [0.25, 0.3) is 5.91 Å². The Bertz CT molecular complexity index is 906. The Kier molecular flexibility index (Phi) is 6.54. The topological polar surface area (TPSA) is 69.7 Å². The fourth-order valence-electron chi connectivity index (χ4n) is 3.35. The third-order valence-corrected chi connectivity index (χ3v) is 5.40. The van der Waals surface area contributed by atoms with Crippen molar-refractivity contribution in [2.24, 2.45) is 0 Å². The van der Waals surface area contributed by atoms with Crippen LogP contribution in [0.2, 0.25) is 5.02 Å². The number of amides is 2. The van der Waals surface area contributed by atoms with Crippen LogP contribution in [-0.4, -0.2) is 54.7 Å². The van der Waals surface area contributed by atoms with Crippen molar-refractivity contribution in [2.45, 2.75) is 19.9 Å². The highest BCUT2D eigenvalue weighted by Gasteiger charge is 2.26. The zero-order chi connectivity index (χ0) is 21.0. The molecule has 1 saturated heterocycles. The third-order valence-electron chi connectivity index (χ3n) is 5.07. The molecule has 1 N–H and O–H groups in total. The zero-order valence-electron chi connectivity index (χ0n) is 16.5. The van der Waals surface area contributed by atoms with Gasteiger partial charge in [-0.25, -0.2) is 0 Å². The van der Waals surface area contributed by atoms with Crippen LogP contribution in [0.1, 0.15) is 34.6 Å². The average Bonchev–Trinajstić information content (AvgIpc) is 2.73. The highest BCUT2D eigenvalue weighted by molar-refractivity contribution is 6.33. The zero-order valence-corrected chi connectivity index (χ0v) is 17.3. The molecule has 3 rings (SSSR count). The van der Waals surface area contributed by atoms with E-state index in [0.29, 0.717) is 42.3 Å². The predicted octanol–water partition coefficient (Wildman–Crippen LogP) is 3.01. The molecule has 1 atom stereocenters.